The molecule has 0 amide bonds. The van der Waals surface area contributed by atoms with Gasteiger partial charge in [-0.05, 0) is 12.5 Å². The molecule has 72 valence electrons. The van der Waals surface area contributed by atoms with Crippen molar-refractivity contribution in [1.82, 2.24) is 5.32 Å². The summed E-state index contributed by atoms with van der Waals surface area (Å²) in [4.78, 5) is 0. The van der Waals surface area contributed by atoms with Gasteiger partial charge in [0, 0.05) is 6.04 Å². The Kier molecular flexibility index (Phi) is 2.93. The van der Waals surface area contributed by atoms with Crippen molar-refractivity contribution in [2.24, 2.45) is 0 Å². The lowest BCUT2D eigenvalue weighted by Gasteiger charge is -2.16. The minimum atomic E-state index is -4.32. The van der Waals surface area contributed by atoms with Crippen LogP contribution in [0, 0.1) is 0 Å². The molecule has 1 atom stereocenters. The minimum Gasteiger partial charge on any atom is -0.221 e. The first-order valence-electron chi connectivity index (χ1n) is 3.88. The fourth-order valence-electron chi connectivity index (χ4n) is 1.07. The molecule has 1 nitrogen and oxygen atoms in total. The van der Waals surface area contributed by atoms with Gasteiger partial charge in [-0.25, -0.2) is 5.32 Å². The van der Waals surface area contributed by atoms with E-state index in [1.165, 1.54) is 12.2 Å². The summed E-state index contributed by atoms with van der Waals surface area (Å²) in [6.45, 7) is 1.48. The smallest absolute Gasteiger partial charge is 0.221 e. The average Bonchev–Trinajstić information content (AvgIpc) is 2.03. The number of benzene rings is 1. The second-order valence-electron chi connectivity index (χ2n) is 2.77. The monoisotopic (exact) mass is 189 g/mol. The minimum absolute atomic E-state index is 0.625. The van der Waals surface area contributed by atoms with Crippen LogP contribution in [0.5, 0.6) is 0 Å². The van der Waals surface area contributed by atoms with Crippen molar-refractivity contribution in [1.29, 1.82) is 0 Å². The Labute approximate surface area is 74.6 Å². The van der Waals surface area contributed by atoms with Crippen molar-refractivity contribution in [3.8, 4) is 0 Å². The molecule has 0 heterocycles. The van der Waals surface area contributed by atoms with E-state index in [-0.39, 0.29) is 0 Å². The molecule has 0 bridgehead atoms. The molecule has 0 aliphatic heterocycles. The van der Waals surface area contributed by atoms with Gasteiger partial charge in [0.25, 0.3) is 0 Å². The first kappa shape index (κ1) is 10.1. The van der Waals surface area contributed by atoms with Gasteiger partial charge < -0.3 is 0 Å². The van der Waals surface area contributed by atoms with E-state index in [2.05, 4.69) is 0 Å². The van der Waals surface area contributed by atoms with Crippen molar-refractivity contribution >= 4 is 0 Å². The zero-order chi connectivity index (χ0) is 9.90. The topological polar surface area (TPSA) is 12.0 Å². The molecule has 1 N–H and O–H groups in total. The Bertz CT molecular complexity index is 255. The van der Waals surface area contributed by atoms with Gasteiger partial charge in [-0.2, -0.15) is 13.2 Å². The third kappa shape index (κ3) is 3.46. The second-order valence-corrected chi connectivity index (χ2v) is 2.77. The van der Waals surface area contributed by atoms with E-state index < -0.39 is 12.3 Å². The van der Waals surface area contributed by atoms with E-state index in [1.54, 1.807) is 30.3 Å². The Hall–Kier alpha value is -1.03. The summed E-state index contributed by atoms with van der Waals surface area (Å²) in [5.74, 6) is 0. The van der Waals surface area contributed by atoms with Crippen LogP contribution >= 0.6 is 0 Å². The van der Waals surface area contributed by atoms with Crippen LogP contribution in [0.1, 0.15) is 18.5 Å². The first-order valence-corrected chi connectivity index (χ1v) is 3.88. The van der Waals surface area contributed by atoms with Crippen molar-refractivity contribution in [2.75, 3.05) is 0 Å². The zero-order valence-corrected chi connectivity index (χ0v) is 7.10. The standard InChI is InChI=1S/C9H10F3N/c1-7(13-9(10,11)12)8-5-3-2-4-6-8/h2-7,13H,1H3. The maximum atomic E-state index is 11.9. The SMILES string of the molecule is CC(NC(F)(F)F)c1ccccc1. The number of hydrogen-bond acceptors (Lipinski definition) is 1. The highest BCUT2D eigenvalue weighted by atomic mass is 19.4. The number of rotatable bonds is 2. The molecule has 0 aromatic heterocycles. The van der Waals surface area contributed by atoms with Crippen LogP contribution in [0.2, 0.25) is 0 Å². The summed E-state index contributed by atoms with van der Waals surface area (Å²) < 4.78 is 35.6. The largest absolute Gasteiger partial charge is 0.457 e. The molecule has 0 aliphatic carbocycles. The molecule has 1 unspecified atom stereocenters. The number of halogens is 3. The van der Waals surface area contributed by atoms with Crippen molar-refractivity contribution in [3.63, 3.8) is 0 Å². The molecule has 0 aliphatic rings. The molecule has 0 fully saturated rings. The van der Waals surface area contributed by atoms with E-state index in [4.69, 9.17) is 0 Å². The Balaban J connectivity index is 2.64. The summed E-state index contributed by atoms with van der Waals surface area (Å²) in [5.41, 5.74) is 0.625. The van der Waals surface area contributed by atoms with Crippen molar-refractivity contribution in [3.05, 3.63) is 35.9 Å². The molecule has 0 radical (unpaired) electrons. The molecular formula is C9H10F3N. The maximum absolute atomic E-state index is 11.9. The molecule has 1 aromatic carbocycles. The Morgan fingerprint density at radius 1 is 1.15 bits per heavy atom. The van der Waals surface area contributed by atoms with Crippen LogP contribution in [0.3, 0.4) is 0 Å². The van der Waals surface area contributed by atoms with Crippen LogP contribution in [0.4, 0.5) is 13.2 Å². The number of hydrogen-bond donors (Lipinski definition) is 1. The van der Waals surface area contributed by atoms with Gasteiger partial charge in [-0.1, -0.05) is 30.3 Å². The van der Waals surface area contributed by atoms with Gasteiger partial charge in [0.05, 0.1) is 0 Å². The molecule has 1 rings (SSSR count). The normalized spacial score (nSPS) is 14.2. The van der Waals surface area contributed by atoms with E-state index >= 15 is 0 Å². The van der Waals surface area contributed by atoms with Crippen LogP contribution in [-0.2, 0) is 0 Å². The van der Waals surface area contributed by atoms with E-state index in [1.807, 2.05) is 0 Å². The summed E-state index contributed by atoms with van der Waals surface area (Å²) in [6, 6.07) is 7.80. The van der Waals surface area contributed by atoms with Crippen molar-refractivity contribution < 1.29 is 13.2 Å². The zero-order valence-electron chi connectivity index (χ0n) is 7.10. The fourth-order valence-corrected chi connectivity index (χ4v) is 1.07. The molecule has 4 heteroatoms. The predicted octanol–water partition coefficient (Wildman–Crippen LogP) is 2.86. The fraction of sp³-hybridized carbons (Fsp3) is 0.333. The summed E-state index contributed by atoms with van der Waals surface area (Å²) in [6.07, 6.45) is -4.32. The van der Waals surface area contributed by atoms with Crippen LogP contribution in [0.15, 0.2) is 30.3 Å². The van der Waals surface area contributed by atoms with Crippen LogP contribution in [-0.4, -0.2) is 6.30 Å². The quantitative estimate of drug-likeness (QED) is 0.705. The Morgan fingerprint density at radius 3 is 2.15 bits per heavy atom. The van der Waals surface area contributed by atoms with Gasteiger partial charge in [0.1, 0.15) is 0 Å². The van der Waals surface area contributed by atoms with Gasteiger partial charge in [-0.3, -0.25) is 0 Å². The highest BCUT2D eigenvalue weighted by molar-refractivity contribution is 5.18. The molecule has 1 aromatic rings. The highest BCUT2D eigenvalue weighted by Gasteiger charge is 2.29. The maximum Gasteiger partial charge on any atom is 0.457 e. The van der Waals surface area contributed by atoms with Crippen LogP contribution < -0.4 is 5.32 Å². The van der Waals surface area contributed by atoms with Gasteiger partial charge in [0.15, 0.2) is 0 Å². The van der Waals surface area contributed by atoms with Crippen molar-refractivity contribution in [2.45, 2.75) is 19.3 Å². The van der Waals surface area contributed by atoms with Gasteiger partial charge in [0.2, 0.25) is 0 Å². The average molecular weight is 189 g/mol. The molecule has 0 spiro atoms. The number of nitrogens with one attached hydrogen (secondary N) is 1. The highest BCUT2D eigenvalue weighted by Crippen LogP contribution is 2.19. The molecule has 13 heavy (non-hydrogen) atoms. The number of alkyl halides is 3. The Morgan fingerprint density at radius 2 is 1.69 bits per heavy atom. The first-order chi connectivity index (χ1) is 5.99. The lowest BCUT2D eigenvalue weighted by Crippen LogP contribution is -2.33. The molecule has 0 saturated heterocycles. The predicted molar refractivity (Wildman–Crippen MR) is 44.0 cm³/mol. The van der Waals surface area contributed by atoms with Gasteiger partial charge >= 0.3 is 6.30 Å². The van der Waals surface area contributed by atoms with Gasteiger partial charge in [-0.15, -0.1) is 0 Å². The lowest BCUT2D eigenvalue weighted by molar-refractivity contribution is -0.163. The second kappa shape index (κ2) is 3.79. The third-order valence-electron chi connectivity index (χ3n) is 1.68. The van der Waals surface area contributed by atoms with E-state index in [9.17, 15) is 13.2 Å². The third-order valence-corrected chi connectivity index (χ3v) is 1.68. The lowest BCUT2D eigenvalue weighted by atomic mass is 10.1. The van der Waals surface area contributed by atoms with E-state index in [0.29, 0.717) is 5.56 Å². The summed E-state index contributed by atoms with van der Waals surface area (Å²) in [7, 11) is 0. The van der Waals surface area contributed by atoms with Crippen LogP contribution in [0.25, 0.3) is 0 Å². The summed E-state index contributed by atoms with van der Waals surface area (Å²) in [5, 5.41) is 1.54. The molecule has 0 saturated carbocycles. The van der Waals surface area contributed by atoms with E-state index in [0.717, 1.165) is 0 Å². The summed E-state index contributed by atoms with van der Waals surface area (Å²) >= 11 is 0. The molecular weight excluding hydrogens is 179 g/mol.